The fraction of sp³-hybridized carbons (Fsp3) is 0.423. The van der Waals surface area contributed by atoms with E-state index in [-0.39, 0.29) is 5.75 Å². The van der Waals surface area contributed by atoms with E-state index in [1.165, 1.54) is 0 Å². The van der Waals surface area contributed by atoms with Crippen molar-refractivity contribution in [1.82, 2.24) is 25.4 Å². The van der Waals surface area contributed by atoms with Crippen LogP contribution in [0, 0.1) is 0 Å². The Morgan fingerprint density at radius 3 is 2.51 bits per heavy atom. The molecule has 0 amide bonds. The molecule has 9 heteroatoms. The number of piperazine rings is 2. The first kappa shape index (κ1) is 22.1. The summed E-state index contributed by atoms with van der Waals surface area (Å²) in [4.78, 5) is 12.4. The number of nitrogen functional groups attached to an aromatic ring is 1. The molecule has 9 nitrogen and oxygen atoms in total. The van der Waals surface area contributed by atoms with E-state index in [2.05, 4.69) is 48.4 Å². The molecule has 0 radical (unpaired) electrons. The maximum absolute atomic E-state index is 10.3. The molecule has 2 bridgehead atoms. The summed E-state index contributed by atoms with van der Waals surface area (Å²) in [6, 6.07) is 16.3. The quantitative estimate of drug-likeness (QED) is 0.515. The molecule has 0 aliphatic carbocycles. The maximum Gasteiger partial charge on any atom is 0.169 e. The highest BCUT2D eigenvalue weighted by molar-refractivity contribution is 5.74. The Hall–Kier alpha value is -3.43. The summed E-state index contributed by atoms with van der Waals surface area (Å²) >= 11 is 0. The van der Waals surface area contributed by atoms with Crippen LogP contribution in [0.5, 0.6) is 5.75 Å². The van der Waals surface area contributed by atoms with Gasteiger partial charge in [-0.05, 0) is 43.2 Å². The van der Waals surface area contributed by atoms with Crippen LogP contribution in [0.3, 0.4) is 0 Å². The van der Waals surface area contributed by atoms with Crippen LogP contribution in [-0.2, 0) is 6.54 Å². The lowest BCUT2D eigenvalue weighted by Gasteiger charge is -2.43. The lowest BCUT2D eigenvalue weighted by Crippen LogP contribution is -2.54. The van der Waals surface area contributed by atoms with Gasteiger partial charge in [-0.3, -0.25) is 4.90 Å². The van der Waals surface area contributed by atoms with Crippen LogP contribution in [0.2, 0.25) is 0 Å². The summed E-state index contributed by atoms with van der Waals surface area (Å²) in [5, 5.41) is 22.2. The van der Waals surface area contributed by atoms with E-state index in [1.54, 1.807) is 12.1 Å². The molecule has 0 spiro atoms. The van der Waals surface area contributed by atoms with Crippen LogP contribution < -0.4 is 20.9 Å². The van der Waals surface area contributed by atoms with E-state index in [0.717, 1.165) is 75.9 Å². The number of benzene rings is 1. The number of rotatable bonds is 5. The van der Waals surface area contributed by atoms with Crippen molar-refractivity contribution in [3.05, 3.63) is 54.2 Å². The van der Waals surface area contributed by atoms with Crippen LogP contribution in [0.1, 0.15) is 18.5 Å². The second kappa shape index (κ2) is 9.31. The molecule has 0 saturated carbocycles. The lowest BCUT2D eigenvalue weighted by molar-refractivity contribution is 0.231. The number of nitrogens with one attached hydrogen (secondary N) is 1. The van der Waals surface area contributed by atoms with Gasteiger partial charge in [0.2, 0.25) is 0 Å². The van der Waals surface area contributed by atoms with Crippen molar-refractivity contribution < 1.29 is 5.11 Å². The van der Waals surface area contributed by atoms with Gasteiger partial charge in [-0.25, -0.2) is 4.98 Å². The van der Waals surface area contributed by atoms with Crippen LogP contribution in [0.15, 0.2) is 48.5 Å². The Bertz CT molecular complexity index is 1180. The van der Waals surface area contributed by atoms with Gasteiger partial charge in [0.1, 0.15) is 11.6 Å². The van der Waals surface area contributed by atoms with E-state index in [1.807, 2.05) is 18.2 Å². The Morgan fingerprint density at radius 1 is 0.971 bits per heavy atom. The molecule has 4 N–H and O–H groups in total. The average molecular weight is 473 g/mol. The molecule has 2 unspecified atom stereocenters. The number of aromatic hydroxyl groups is 1. The second-order valence-electron chi connectivity index (χ2n) is 9.73. The summed E-state index contributed by atoms with van der Waals surface area (Å²) in [6.07, 6.45) is 2.27. The van der Waals surface area contributed by atoms with Crippen molar-refractivity contribution in [1.29, 1.82) is 0 Å². The van der Waals surface area contributed by atoms with Gasteiger partial charge in [0.15, 0.2) is 5.82 Å². The molecule has 3 fully saturated rings. The minimum absolute atomic E-state index is 0.189. The number of aromatic nitrogens is 3. The summed E-state index contributed by atoms with van der Waals surface area (Å²) in [5.74, 6) is 1.70. The normalized spacial score (nSPS) is 22.5. The highest BCUT2D eigenvalue weighted by Crippen LogP contribution is 2.38. The Labute approximate surface area is 205 Å². The monoisotopic (exact) mass is 472 g/mol. The third kappa shape index (κ3) is 4.37. The fourth-order valence-corrected chi connectivity index (χ4v) is 5.74. The number of fused-ring (bicyclic) bond motifs is 2. The van der Waals surface area contributed by atoms with Crippen molar-refractivity contribution >= 4 is 17.3 Å². The third-order valence-corrected chi connectivity index (χ3v) is 7.46. The molecule has 3 aliphatic rings. The number of phenolic OH excluding ortho intramolecular Hbond substituents is 1. The molecule has 5 heterocycles. The van der Waals surface area contributed by atoms with E-state index >= 15 is 0 Å². The second-order valence-corrected chi connectivity index (χ2v) is 9.73. The van der Waals surface area contributed by atoms with Crippen molar-refractivity contribution in [3.8, 4) is 17.0 Å². The number of para-hydroxylation sites is 1. The first-order valence-corrected chi connectivity index (χ1v) is 12.5. The molecular formula is C26H32N8O. The Morgan fingerprint density at radius 2 is 1.74 bits per heavy atom. The fourth-order valence-electron chi connectivity index (χ4n) is 5.74. The molecule has 182 valence electrons. The first-order valence-electron chi connectivity index (χ1n) is 12.5. The minimum Gasteiger partial charge on any atom is -0.507 e. The van der Waals surface area contributed by atoms with Crippen LogP contribution in [0.4, 0.5) is 17.3 Å². The van der Waals surface area contributed by atoms with Crippen LogP contribution >= 0.6 is 0 Å². The topological polar surface area (TPSA) is 107 Å². The number of pyridine rings is 1. The highest BCUT2D eigenvalue weighted by atomic mass is 16.3. The van der Waals surface area contributed by atoms with Gasteiger partial charge in [-0.1, -0.05) is 18.2 Å². The van der Waals surface area contributed by atoms with Crippen molar-refractivity contribution in [2.75, 3.05) is 54.8 Å². The van der Waals surface area contributed by atoms with Gasteiger partial charge in [-0.15, -0.1) is 10.2 Å². The average Bonchev–Trinajstić information content (AvgIpc) is 3.15. The SMILES string of the molecule is Nc1nnc(-c2ccccc2O)cc1N1CC2CCC(C1)N2c1cccc(CN2CCNCC2)n1. The van der Waals surface area contributed by atoms with E-state index < -0.39 is 0 Å². The van der Waals surface area contributed by atoms with Crippen LogP contribution in [0.25, 0.3) is 11.3 Å². The summed E-state index contributed by atoms with van der Waals surface area (Å²) in [5.41, 5.74) is 9.60. The standard InChI is InChI=1S/C26H32N8O/c27-26-23(14-22(30-31-26)21-5-1-2-6-24(21)35)33-16-19-8-9-20(17-33)34(19)25-7-3-4-18(29-25)15-32-12-10-28-11-13-32/h1-7,14,19-20,28,35H,8-13,15-17H2,(H2,27,31). The molecule has 2 atom stereocenters. The number of phenols is 1. The van der Waals surface area contributed by atoms with Gasteiger partial charge in [0.05, 0.1) is 17.1 Å². The maximum atomic E-state index is 10.3. The molecule has 2 aromatic heterocycles. The Kier molecular flexibility index (Phi) is 5.87. The van der Waals surface area contributed by atoms with Crippen molar-refractivity contribution in [2.24, 2.45) is 0 Å². The van der Waals surface area contributed by atoms with Gasteiger partial charge < -0.3 is 26.0 Å². The number of nitrogens with zero attached hydrogens (tertiary/aromatic N) is 6. The summed E-state index contributed by atoms with van der Waals surface area (Å²) in [7, 11) is 0. The zero-order valence-corrected chi connectivity index (χ0v) is 19.8. The summed E-state index contributed by atoms with van der Waals surface area (Å²) in [6.45, 7) is 6.85. The molecule has 3 saturated heterocycles. The summed E-state index contributed by atoms with van der Waals surface area (Å²) < 4.78 is 0. The molecule has 6 rings (SSSR count). The molecular weight excluding hydrogens is 440 g/mol. The van der Waals surface area contributed by atoms with Crippen LogP contribution in [-0.4, -0.2) is 76.5 Å². The molecule has 3 aliphatic heterocycles. The molecule has 35 heavy (non-hydrogen) atoms. The first-order chi connectivity index (χ1) is 17.2. The predicted molar refractivity (Wildman–Crippen MR) is 137 cm³/mol. The number of nitrogens with two attached hydrogens (primary N) is 1. The lowest BCUT2D eigenvalue weighted by atomic mass is 10.1. The third-order valence-electron chi connectivity index (χ3n) is 7.46. The van der Waals surface area contributed by atoms with Gasteiger partial charge >= 0.3 is 0 Å². The molecule has 1 aromatic carbocycles. The number of anilines is 3. The van der Waals surface area contributed by atoms with Gasteiger partial charge in [0.25, 0.3) is 0 Å². The zero-order chi connectivity index (χ0) is 23.8. The number of hydrogen-bond acceptors (Lipinski definition) is 9. The highest BCUT2D eigenvalue weighted by Gasteiger charge is 2.41. The van der Waals surface area contributed by atoms with Crippen molar-refractivity contribution in [3.63, 3.8) is 0 Å². The van der Waals surface area contributed by atoms with Gasteiger partial charge in [-0.2, -0.15) is 0 Å². The van der Waals surface area contributed by atoms with Crippen molar-refractivity contribution in [2.45, 2.75) is 31.5 Å². The Balaban J connectivity index is 1.22. The number of hydrogen-bond donors (Lipinski definition) is 3. The van der Waals surface area contributed by atoms with Gasteiger partial charge in [0, 0.05) is 63.5 Å². The van der Waals surface area contributed by atoms with E-state index in [9.17, 15) is 5.11 Å². The minimum atomic E-state index is 0.189. The molecule has 3 aromatic rings. The van der Waals surface area contributed by atoms with E-state index in [4.69, 9.17) is 10.7 Å². The van der Waals surface area contributed by atoms with E-state index in [0.29, 0.717) is 29.2 Å². The smallest absolute Gasteiger partial charge is 0.169 e. The predicted octanol–water partition coefficient (Wildman–Crippen LogP) is 2.09. The largest absolute Gasteiger partial charge is 0.507 e. The zero-order valence-electron chi connectivity index (χ0n) is 19.8.